The van der Waals surface area contributed by atoms with E-state index in [4.69, 9.17) is 10.5 Å². The van der Waals surface area contributed by atoms with Gasteiger partial charge in [-0.2, -0.15) is 0 Å². The molecule has 6 nitrogen and oxygen atoms in total. The molecule has 130 valence electrons. The maximum absolute atomic E-state index is 6.04. The predicted octanol–water partition coefficient (Wildman–Crippen LogP) is 2.42. The summed E-state index contributed by atoms with van der Waals surface area (Å²) in [4.78, 5) is 16.1. The summed E-state index contributed by atoms with van der Waals surface area (Å²) in [6, 6.07) is 7.92. The number of nitrogen functional groups attached to an aromatic ring is 1. The van der Waals surface area contributed by atoms with E-state index in [1.54, 1.807) is 17.5 Å². The Morgan fingerprint density at radius 2 is 1.96 bits per heavy atom. The first kappa shape index (κ1) is 16.5. The third kappa shape index (κ3) is 3.52. The largest absolute Gasteiger partial charge is 0.383 e. The summed E-state index contributed by atoms with van der Waals surface area (Å²) in [7, 11) is 0. The van der Waals surface area contributed by atoms with Crippen molar-refractivity contribution < 1.29 is 4.74 Å². The summed E-state index contributed by atoms with van der Waals surface area (Å²) < 4.78 is 5.37. The van der Waals surface area contributed by atoms with Gasteiger partial charge in [0.15, 0.2) is 0 Å². The predicted molar refractivity (Wildman–Crippen MR) is 103 cm³/mol. The molecule has 0 spiro atoms. The molecule has 0 radical (unpaired) electrons. The Labute approximate surface area is 155 Å². The van der Waals surface area contributed by atoms with Crippen molar-refractivity contribution >= 4 is 23.0 Å². The van der Waals surface area contributed by atoms with E-state index in [-0.39, 0.29) is 0 Å². The van der Waals surface area contributed by atoms with Crippen LogP contribution < -0.4 is 10.6 Å². The van der Waals surface area contributed by atoms with Crippen molar-refractivity contribution in [1.82, 2.24) is 15.0 Å². The zero-order chi connectivity index (χ0) is 17.8. The van der Waals surface area contributed by atoms with Gasteiger partial charge in [-0.15, -0.1) is 11.3 Å². The second-order valence-electron chi connectivity index (χ2n) is 5.71. The van der Waals surface area contributed by atoms with Gasteiger partial charge in [0.2, 0.25) is 0 Å². The van der Waals surface area contributed by atoms with E-state index in [0.717, 1.165) is 48.1 Å². The monoisotopic (exact) mass is 363 g/mol. The van der Waals surface area contributed by atoms with E-state index in [0.29, 0.717) is 11.5 Å². The van der Waals surface area contributed by atoms with E-state index in [2.05, 4.69) is 31.7 Å². The highest BCUT2D eigenvalue weighted by Gasteiger charge is 2.12. The number of hydrogen-bond acceptors (Lipinski definition) is 7. The average Bonchev–Trinajstić information content (AvgIpc) is 3.22. The summed E-state index contributed by atoms with van der Waals surface area (Å²) in [5.41, 5.74) is 8.28. The standard InChI is InChI=1S/C19H17N5OS/c20-19-18(16-2-1-11-26-16)15(22-13-23-19)5-3-14-4-6-17(21-12-14)24-7-9-25-10-8-24/h1-2,4,6,11-13H,7-10H2,(H2,20,22,23). The second kappa shape index (κ2) is 7.52. The summed E-state index contributed by atoms with van der Waals surface area (Å²) in [6.45, 7) is 3.21. The van der Waals surface area contributed by atoms with Gasteiger partial charge < -0.3 is 15.4 Å². The summed E-state index contributed by atoms with van der Waals surface area (Å²) >= 11 is 1.59. The molecule has 0 atom stereocenters. The number of aromatic nitrogens is 3. The fraction of sp³-hybridized carbons (Fsp3) is 0.211. The molecule has 1 aliphatic heterocycles. The lowest BCUT2D eigenvalue weighted by Gasteiger charge is -2.27. The molecule has 0 amide bonds. The van der Waals surface area contributed by atoms with Gasteiger partial charge in [-0.1, -0.05) is 12.0 Å². The molecule has 0 unspecified atom stereocenters. The third-order valence-corrected chi connectivity index (χ3v) is 4.94. The molecule has 0 saturated carbocycles. The highest BCUT2D eigenvalue weighted by molar-refractivity contribution is 7.13. The van der Waals surface area contributed by atoms with Gasteiger partial charge in [0, 0.05) is 29.7 Å². The number of anilines is 2. The van der Waals surface area contributed by atoms with Crippen LogP contribution in [0.3, 0.4) is 0 Å². The molecule has 3 aromatic rings. The van der Waals surface area contributed by atoms with Crippen molar-refractivity contribution in [3.05, 3.63) is 53.4 Å². The number of nitrogens with two attached hydrogens (primary N) is 1. The molecule has 0 bridgehead atoms. The van der Waals surface area contributed by atoms with Crippen LogP contribution in [0.2, 0.25) is 0 Å². The van der Waals surface area contributed by atoms with Crippen LogP contribution in [0.5, 0.6) is 0 Å². The van der Waals surface area contributed by atoms with Gasteiger partial charge >= 0.3 is 0 Å². The molecule has 7 heteroatoms. The topological polar surface area (TPSA) is 77.2 Å². The molecule has 26 heavy (non-hydrogen) atoms. The molecular formula is C19H17N5OS. The Kier molecular flexibility index (Phi) is 4.78. The van der Waals surface area contributed by atoms with Crippen LogP contribution in [0.25, 0.3) is 10.4 Å². The molecule has 1 fully saturated rings. The maximum Gasteiger partial charge on any atom is 0.136 e. The lowest BCUT2D eigenvalue weighted by Crippen LogP contribution is -2.36. The van der Waals surface area contributed by atoms with E-state index < -0.39 is 0 Å². The van der Waals surface area contributed by atoms with E-state index in [1.807, 2.05) is 29.6 Å². The van der Waals surface area contributed by atoms with Crippen molar-refractivity contribution in [2.75, 3.05) is 36.9 Å². The summed E-state index contributed by atoms with van der Waals surface area (Å²) in [6.07, 6.45) is 3.23. The molecular weight excluding hydrogens is 346 g/mol. The Bertz CT molecular complexity index is 938. The molecule has 3 aromatic heterocycles. The fourth-order valence-corrected chi connectivity index (χ4v) is 3.51. The van der Waals surface area contributed by atoms with Gasteiger partial charge in [0.1, 0.15) is 23.7 Å². The number of ether oxygens (including phenoxy) is 1. The average molecular weight is 363 g/mol. The first-order valence-corrected chi connectivity index (χ1v) is 9.14. The van der Waals surface area contributed by atoms with E-state index >= 15 is 0 Å². The van der Waals surface area contributed by atoms with Crippen LogP contribution in [0.1, 0.15) is 11.3 Å². The smallest absolute Gasteiger partial charge is 0.136 e. The first-order valence-electron chi connectivity index (χ1n) is 8.26. The molecule has 0 aliphatic carbocycles. The lowest BCUT2D eigenvalue weighted by molar-refractivity contribution is 0.122. The molecule has 0 aromatic carbocycles. The zero-order valence-corrected chi connectivity index (χ0v) is 14.9. The molecule has 1 aliphatic rings. The highest BCUT2D eigenvalue weighted by Crippen LogP contribution is 2.30. The fourth-order valence-electron chi connectivity index (χ4n) is 2.73. The zero-order valence-electron chi connectivity index (χ0n) is 14.1. The number of thiophene rings is 1. The summed E-state index contributed by atoms with van der Waals surface area (Å²) in [5.74, 6) is 7.62. The first-order chi connectivity index (χ1) is 12.8. The number of hydrogen-bond donors (Lipinski definition) is 1. The van der Waals surface area contributed by atoms with Crippen molar-refractivity contribution in [1.29, 1.82) is 0 Å². The third-order valence-electron chi connectivity index (χ3n) is 4.05. The van der Waals surface area contributed by atoms with Crippen molar-refractivity contribution in [2.24, 2.45) is 0 Å². The Balaban J connectivity index is 1.59. The van der Waals surface area contributed by atoms with Crippen LogP contribution in [-0.4, -0.2) is 41.3 Å². The number of rotatable bonds is 2. The van der Waals surface area contributed by atoms with E-state index in [1.165, 1.54) is 6.33 Å². The minimum Gasteiger partial charge on any atom is -0.383 e. The van der Waals surface area contributed by atoms with Crippen LogP contribution in [0.4, 0.5) is 11.6 Å². The molecule has 2 N–H and O–H groups in total. The lowest BCUT2D eigenvalue weighted by atomic mass is 10.1. The van der Waals surface area contributed by atoms with Gasteiger partial charge in [0.05, 0.1) is 18.8 Å². The van der Waals surface area contributed by atoms with Crippen molar-refractivity contribution in [2.45, 2.75) is 0 Å². The van der Waals surface area contributed by atoms with Crippen LogP contribution in [0, 0.1) is 11.8 Å². The minimum absolute atomic E-state index is 0.438. The number of morpholine rings is 1. The Morgan fingerprint density at radius 1 is 1.08 bits per heavy atom. The minimum atomic E-state index is 0.438. The molecule has 1 saturated heterocycles. The van der Waals surface area contributed by atoms with Gasteiger partial charge in [-0.3, -0.25) is 0 Å². The quantitative estimate of drug-likeness (QED) is 0.705. The highest BCUT2D eigenvalue weighted by atomic mass is 32.1. The van der Waals surface area contributed by atoms with Crippen molar-refractivity contribution in [3.8, 4) is 22.3 Å². The normalized spacial score (nSPS) is 13.9. The van der Waals surface area contributed by atoms with Gasteiger partial charge in [-0.05, 0) is 29.5 Å². The molecule has 4 heterocycles. The van der Waals surface area contributed by atoms with Crippen molar-refractivity contribution in [3.63, 3.8) is 0 Å². The number of nitrogens with zero attached hydrogens (tertiary/aromatic N) is 4. The summed E-state index contributed by atoms with van der Waals surface area (Å²) in [5, 5.41) is 1.99. The van der Waals surface area contributed by atoms with Crippen LogP contribution in [-0.2, 0) is 4.74 Å². The Morgan fingerprint density at radius 3 is 2.69 bits per heavy atom. The van der Waals surface area contributed by atoms with Gasteiger partial charge in [-0.25, -0.2) is 15.0 Å². The molecule has 4 rings (SSSR count). The second-order valence-corrected chi connectivity index (χ2v) is 6.66. The maximum atomic E-state index is 6.04. The van der Waals surface area contributed by atoms with Crippen LogP contribution >= 0.6 is 11.3 Å². The Hall–Kier alpha value is -2.95. The number of pyridine rings is 1. The van der Waals surface area contributed by atoms with Gasteiger partial charge in [0.25, 0.3) is 0 Å². The SMILES string of the molecule is Nc1ncnc(C#Cc2ccc(N3CCOCC3)nc2)c1-c1cccs1. The van der Waals surface area contributed by atoms with Crippen LogP contribution in [0.15, 0.2) is 42.2 Å². The van der Waals surface area contributed by atoms with E-state index in [9.17, 15) is 0 Å².